The third kappa shape index (κ3) is 2.03. The van der Waals surface area contributed by atoms with Crippen molar-refractivity contribution in [3.05, 3.63) is 47.0 Å². The predicted octanol–water partition coefficient (Wildman–Crippen LogP) is 3.45. The highest BCUT2D eigenvalue weighted by atomic mass is 35.5. The van der Waals surface area contributed by atoms with Gasteiger partial charge in [-0.3, -0.25) is 0 Å². The Bertz CT molecular complexity index is 423. The first-order valence-corrected chi connectivity index (χ1v) is 4.73. The van der Waals surface area contributed by atoms with Gasteiger partial charge in [-0.05, 0) is 23.8 Å². The van der Waals surface area contributed by atoms with Crippen molar-refractivity contribution >= 4 is 23.2 Å². The zero-order valence-corrected chi connectivity index (χ0v) is 8.63. The summed E-state index contributed by atoms with van der Waals surface area (Å²) < 4.78 is 0. The minimum Gasteiger partial charge on any atom is -0.244 e. The summed E-state index contributed by atoms with van der Waals surface area (Å²) in [4.78, 5) is 7.85. The Balaban J connectivity index is 2.52. The quantitative estimate of drug-likeness (QED) is 0.742. The molecule has 0 N–H and O–H groups in total. The van der Waals surface area contributed by atoms with Gasteiger partial charge in [-0.15, -0.1) is 0 Å². The van der Waals surface area contributed by atoms with Crippen LogP contribution < -0.4 is 0 Å². The van der Waals surface area contributed by atoms with Crippen molar-refractivity contribution in [1.82, 2.24) is 9.97 Å². The van der Waals surface area contributed by atoms with Crippen LogP contribution in [0.15, 0.2) is 36.9 Å². The van der Waals surface area contributed by atoms with Gasteiger partial charge in [0.05, 0.1) is 0 Å². The molecule has 0 radical (unpaired) electrons. The van der Waals surface area contributed by atoms with Crippen LogP contribution in [0.25, 0.3) is 11.1 Å². The smallest absolute Gasteiger partial charge is 0.115 e. The maximum absolute atomic E-state index is 5.87. The number of nitrogens with zero attached hydrogens (tertiary/aromatic N) is 2. The van der Waals surface area contributed by atoms with Gasteiger partial charge >= 0.3 is 0 Å². The molecular formula is C10H6Cl2N2. The molecule has 2 nitrogen and oxygen atoms in total. The highest BCUT2D eigenvalue weighted by Gasteiger charge is 2.00. The van der Waals surface area contributed by atoms with Gasteiger partial charge in [0.25, 0.3) is 0 Å². The Kier molecular flexibility index (Phi) is 2.66. The third-order valence-corrected chi connectivity index (χ3v) is 2.19. The number of halogens is 2. The van der Waals surface area contributed by atoms with E-state index in [9.17, 15) is 0 Å². The Morgan fingerprint density at radius 1 is 0.786 bits per heavy atom. The molecule has 0 aliphatic heterocycles. The van der Waals surface area contributed by atoms with Gasteiger partial charge in [-0.2, -0.15) is 0 Å². The number of benzene rings is 1. The highest BCUT2D eigenvalue weighted by Crippen LogP contribution is 2.25. The number of aromatic nitrogens is 2. The molecule has 0 bridgehead atoms. The van der Waals surface area contributed by atoms with Gasteiger partial charge in [0.15, 0.2) is 0 Å². The summed E-state index contributed by atoms with van der Waals surface area (Å²) in [5.74, 6) is 0. The van der Waals surface area contributed by atoms with Crippen molar-refractivity contribution in [3.8, 4) is 11.1 Å². The molecule has 2 rings (SSSR count). The fourth-order valence-electron chi connectivity index (χ4n) is 1.17. The van der Waals surface area contributed by atoms with E-state index in [1.54, 1.807) is 18.5 Å². The van der Waals surface area contributed by atoms with Crippen LogP contribution in [-0.4, -0.2) is 9.97 Å². The Morgan fingerprint density at radius 2 is 1.36 bits per heavy atom. The molecule has 0 atom stereocenters. The van der Waals surface area contributed by atoms with E-state index in [4.69, 9.17) is 23.2 Å². The molecule has 0 unspecified atom stereocenters. The number of hydrogen-bond donors (Lipinski definition) is 0. The fourth-order valence-corrected chi connectivity index (χ4v) is 1.69. The first kappa shape index (κ1) is 9.44. The molecule has 0 aliphatic carbocycles. The van der Waals surface area contributed by atoms with E-state index in [-0.39, 0.29) is 0 Å². The molecule has 0 amide bonds. The largest absolute Gasteiger partial charge is 0.244 e. The molecule has 0 fully saturated rings. The van der Waals surface area contributed by atoms with E-state index < -0.39 is 0 Å². The van der Waals surface area contributed by atoms with Crippen molar-refractivity contribution in [1.29, 1.82) is 0 Å². The van der Waals surface area contributed by atoms with Crippen molar-refractivity contribution in [2.45, 2.75) is 0 Å². The van der Waals surface area contributed by atoms with Gasteiger partial charge in [-0.1, -0.05) is 23.2 Å². The van der Waals surface area contributed by atoms with Crippen LogP contribution in [0.1, 0.15) is 0 Å². The summed E-state index contributed by atoms with van der Waals surface area (Å²) in [6.45, 7) is 0. The molecule has 1 heterocycles. The van der Waals surface area contributed by atoms with Crippen LogP contribution in [0.4, 0.5) is 0 Å². The maximum atomic E-state index is 5.87. The summed E-state index contributed by atoms with van der Waals surface area (Å²) >= 11 is 11.7. The molecule has 14 heavy (non-hydrogen) atoms. The van der Waals surface area contributed by atoms with Crippen LogP contribution >= 0.6 is 23.2 Å². The van der Waals surface area contributed by atoms with E-state index in [0.29, 0.717) is 10.0 Å². The minimum atomic E-state index is 0.608. The zero-order valence-electron chi connectivity index (χ0n) is 7.11. The second-order valence-electron chi connectivity index (χ2n) is 2.79. The fraction of sp³-hybridized carbons (Fsp3) is 0. The van der Waals surface area contributed by atoms with Gasteiger partial charge in [0.2, 0.25) is 0 Å². The van der Waals surface area contributed by atoms with Crippen molar-refractivity contribution in [2.24, 2.45) is 0 Å². The Morgan fingerprint density at radius 3 is 1.93 bits per heavy atom. The average Bonchev–Trinajstić information content (AvgIpc) is 2.18. The van der Waals surface area contributed by atoms with E-state index in [1.807, 2.05) is 12.1 Å². The first-order chi connectivity index (χ1) is 6.75. The van der Waals surface area contributed by atoms with Crippen LogP contribution in [0.3, 0.4) is 0 Å². The van der Waals surface area contributed by atoms with Crippen LogP contribution in [-0.2, 0) is 0 Å². The average molecular weight is 225 g/mol. The maximum Gasteiger partial charge on any atom is 0.115 e. The van der Waals surface area contributed by atoms with Crippen LogP contribution in [0, 0.1) is 0 Å². The van der Waals surface area contributed by atoms with Crippen LogP contribution in [0.5, 0.6) is 0 Å². The van der Waals surface area contributed by atoms with Gasteiger partial charge in [-0.25, -0.2) is 9.97 Å². The van der Waals surface area contributed by atoms with E-state index in [2.05, 4.69) is 9.97 Å². The van der Waals surface area contributed by atoms with Crippen molar-refractivity contribution in [3.63, 3.8) is 0 Å². The Labute approximate surface area is 91.5 Å². The molecule has 2 aromatic rings. The lowest BCUT2D eigenvalue weighted by atomic mass is 10.1. The molecule has 1 aromatic heterocycles. The zero-order chi connectivity index (χ0) is 9.97. The van der Waals surface area contributed by atoms with Crippen LogP contribution in [0.2, 0.25) is 10.0 Å². The Hall–Kier alpha value is -1.12. The topological polar surface area (TPSA) is 25.8 Å². The summed E-state index contributed by atoms with van der Waals surface area (Å²) in [6, 6.07) is 5.34. The first-order valence-electron chi connectivity index (χ1n) is 3.97. The standard InChI is InChI=1S/C10H6Cl2N2/c11-9-1-7(2-10(12)3-9)8-4-13-6-14-5-8/h1-6H. The van der Waals surface area contributed by atoms with E-state index in [0.717, 1.165) is 11.1 Å². The summed E-state index contributed by atoms with van der Waals surface area (Å²) in [5.41, 5.74) is 1.82. The lowest BCUT2D eigenvalue weighted by Crippen LogP contribution is -1.82. The molecular weight excluding hydrogens is 219 g/mol. The van der Waals surface area contributed by atoms with Crippen molar-refractivity contribution in [2.75, 3.05) is 0 Å². The monoisotopic (exact) mass is 224 g/mol. The molecule has 0 spiro atoms. The molecule has 0 saturated heterocycles. The number of rotatable bonds is 1. The normalized spacial score (nSPS) is 10.1. The molecule has 4 heteroatoms. The molecule has 0 aliphatic rings. The summed E-state index contributed by atoms with van der Waals surface area (Å²) in [5, 5.41) is 1.22. The van der Waals surface area contributed by atoms with E-state index in [1.165, 1.54) is 6.33 Å². The second-order valence-corrected chi connectivity index (χ2v) is 3.66. The third-order valence-electron chi connectivity index (χ3n) is 1.76. The van der Waals surface area contributed by atoms with Crippen molar-refractivity contribution < 1.29 is 0 Å². The van der Waals surface area contributed by atoms with Gasteiger partial charge in [0, 0.05) is 28.0 Å². The summed E-state index contributed by atoms with van der Waals surface area (Å²) in [6.07, 6.45) is 4.92. The highest BCUT2D eigenvalue weighted by molar-refractivity contribution is 6.35. The predicted molar refractivity (Wildman–Crippen MR) is 57.5 cm³/mol. The lowest BCUT2D eigenvalue weighted by Gasteiger charge is -2.01. The minimum absolute atomic E-state index is 0.608. The number of hydrogen-bond acceptors (Lipinski definition) is 2. The van der Waals surface area contributed by atoms with Gasteiger partial charge in [0.1, 0.15) is 6.33 Å². The van der Waals surface area contributed by atoms with E-state index >= 15 is 0 Å². The SMILES string of the molecule is Clc1cc(Cl)cc(-c2cncnc2)c1. The second kappa shape index (κ2) is 3.95. The summed E-state index contributed by atoms with van der Waals surface area (Å²) in [7, 11) is 0. The molecule has 1 aromatic carbocycles. The lowest BCUT2D eigenvalue weighted by molar-refractivity contribution is 1.17. The van der Waals surface area contributed by atoms with Gasteiger partial charge < -0.3 is 0 Å². The molecule has 0 saturated carbocycles. The molecule has 70 valence electrons.